The van der Waals surface area contributed by atoms with Gasteiger partial charge in [0, 0.05) is 20.1 Å². The number of aryl methyl sites for hydroxylation is 2. The topological polar surface area (TPSA) is 55.2 Å². The van der Waals surface area contributed by atoms with Crippen LogP contribution in [0.1, 0.15) is 35.5 Å². The maximum atomic E-state index is 12.5. The molecule has 108 valence electrons. The van der Waals surface area contributed by atoms with Crippen LogP contribution in [-0.2, 0) is 7.05 Å². The van der Waals surface area contributed by atoms with E-state index in [2.05, 4.69) is 4.98 Å². The van der Waals surface area contributed by atoms with E-state index in [1.807, 2.05) is 20.8 Å². The van der Waals surface area contributed by atoms with Gasteiger partial charge in [-0.3, -0.25) is 9.59 Å². The number of carbonyl (C=O) groups is 1. The lowest BCUT2D eigenvalue weighted by atomic mass is 10.1. The molecule has 0 saturated heterocycles. The summed E-state index contributed by atoms with van der Waals surface area (Å²) in [6.07, 6.45) is 2.39. The molecule has 0 fully saturated rings. The Morgan fingerprint density at radius 3 is 2.80 bits per heavy atom. The van der Waals surface area contributed by atoms with Gasteiger partial charge in [0.25, 0.3) is 11.5 Å². The SMILES string of the molecule is CCC(C)N(C)C(=O)c1sc2ncn(C)c(=O)c2c1C. The Labute approximate surface area is 121 Å². The minimum Gasteiger partial charge on any atom is -0.338 e. The van der Waals surface area contributed by atoms with Gasteiger partial charge in [0.1, 0.15) is 4.83 Å². The highest BCUT2D eigenvalue weighted by Crippen LogP contribution is 2.28. The smallest absolute Gasteiger partial charge is 0.264 e. The first-order chi connectivity index (χ1) is 9.38. The predicted octanol–water partition coefficient (Wildman–Crippen LogP) is 2.17. The molecular formula is C14H19N3O2S. The maximum absolute atomic E-state index is 12.5. The van der Waals surface area contributed by atoms with Gasteiger partial charge in [-0.15, -0.1) is 11.3 Å². The number of aromatic nitrogens is 2. The molecule has 0 saturated carbocycles. The van der Waals surface area contributed by atoms with E-state index in [-0.39, 0.29) is 17.5 Å². The fourth-order valence-corrected chi connectivity index (χ4v) is 3.17. The average Bonchev–Trinajstić information content (AvgIpc) is 2.78. The standard InChI is InChI=1S/C14H19N3O2S/c1-6-8(2)17(5)14(19)11-9(3)10-12(20-11)15-7-16(4)13(10)18/h7-8H,6H2,1-5H3. The van der Waals surface area contributed by atoms with Crippen molar-refractivity contribution in [1.82, 2.24) is 14.5 Å². The summed E-state index contributed by atoms with van der Waals surface area (Å²) in [4.78, 5) is 31.9. The quantitative estimate of drug-likeness (QED) is 0.871. The van der Waals surface area contributed by atoms with E-state index in [4.69, 9.17) is 0 Å². The van der Waals surface area contributed by atoms with Crippen LogP contribution in [0.4, 0.5) is 0 Å². The van der Waals surface area contributed by atoms with Crippen LogP contribution < -0.4 is 5.56 Å². The molecule has 6 heteroatoms. The average molecular weight is 293 g/mol. The highest BCUT2D eigenvalue weighted by atomic mass is 32.1. The van der Waals surface area contributed by atoms with Crippen molar-refractivity contribution in [2.75, 3.05) is 7.05 Å². The second kappa shape index (κ2) is 5.36. The van der Waals surface area contributed by atoms with Crippen LogP contribution in [0.2, 0.25) is 0 Å². The zero-order valence-electron chi connectivity index (χ0n) is 12.4. The van der Waals surface area contributed by atoms with Gasteiger partial charge in [0.2, 0.25) is 0 Å². The Morgan fingerprint density at radius 1 is 1.55 bits per heavy atom. The second-order valence-corrected chi connectivity index (χ2v) is 6.07. The molecular weight excluding hydrogens is 274 g/mol. The third kappa shape index (κ3) is 2.24. The third-order valence-corrected chi connectivity index (χ3v) is 4.96. The van der Waals surface area contributed by atoms with Gasteiger partial charge in [-0.2, -0.15) is 0 Å². The Hall–Kier alpha value is -1.69. The van der Waals surface area contributed by atoms with Crippen molar-refractivity contribution in [3.8, 4) is 0 Å². The van der Waals surface area contributed by atoms with E-state index in [0.717, 1.165) is 12.0 Å². The number of fused-ring (bicyclic) bond motifs is 1. The maximum Gasteiger partial charge on any atom is 0.264 e. The normalized spacial score (nSPS) is 12.7. The molecule has 5 nitrogen and oxygen atoms in total. The number of carbonyl (C=O) groups excluding carboxylic acids is 1. The van der Waals surface area contributed by atoms with Gasteiger partial charge in [-0.05, 0) is 25.8 Å². The van der Waals surface area contributed by atoms with E-state index in [9.17, 15) is 9.59 Å². The molecule has 0 aromatic carbocycles. The van der Waals surface area contributed by atoms with Crippen LogP contribution in [0.25, 0.3) is 10.2 Å². The third-order valence-electron chi connectivity index (χ3n) is 3.78. The monoisotopic (exact) mass is 293 g/mol. The van der Waals surface area contributed by atoms with Crippen molar-refractivity contribution in [2.24, 2.45) is 7.05 Å². The summed E-state index contributed by atoms with van der Waals surface area (Å²) in [7, 11) is 3.46. The zero-order chi connectivity index (χ0) is 15.0. The van der Waals surface area contributed by atoms with Crippen molar-refractivity contribution < 1.29 is 4.79 Å². The molecule has 2 heterocycles. The first kappa shape index (κ1) is 14.7. The first-order valence-corrected chi connectivity index (χ1v) is 7.42. The lowest BCUT2D eigenvalue weighted by Gasteiger charge is -2.23. The molecule has 1 amide bonds. The van der Waals surface area contributed by atoms with Crippen molar-refractivity contribution in [2.45, 2.75) is 33.2 Å². The highest BCUT2D eigenvalue weighted by molar-refractivity contribution is 7.20. The molecule has 2 rings (SSSR count). The molecule has 2 aromatic rings. The number of hydrogen-bond donors (Lipinski definition) is 0. The summed E-state index contributed by atoms with van der Waals surface area (Å²) >= 11 is 1.30. The minimum absolute atomic E-state index is 0.0399. The van der Waals surface area contributed by atoms with Gasteiger partial charge in [-0.1, -0.05) is 6.92 Å². The van der Waals surface area contributed by atoms with Crippen LogP contribution in [0.15, 0.2) is 11.1 Å². The molecule has 0 spiro atoms. The fraction of sp³-hybridized carbons (Fsp3) is 0.500. The van der Waals surface area contributed by atoms with Crippen LogP contribution in [0.5, 0.6) is 0 Å². The molecule has 2 aromatic heterocycles. The van der Waals surface area contributed by atoms with E-state index in [1.165, 1.54) is 22.2 Å². The van der Waals surface area contributed by atoms with Gasteiger partial charge in [0.05, 0.1) is 16.6 Å². The lowest BCUT2D eigenvalue weighted by molar-refractivity contribution is 0.0745. The van der Waals surface area contributed by atoms with Crippen LogP contribution >= 0.6 is 11.3 Å². The van der Waals surface area contributed by atoms with Crippen molar-refractivity contribution >= 4 is 27.5 Å². The van der Waals surface area contributed by atoms with Crippen molar-refractivity contribution in [3.63, 3.8) is 0 Å². The molecule has 0 radical (unpaired) electrons. The van der Waals surface area contributed by atoms with Gasteiger partial charge < -0.3 is 9.47 Å². The summed E-state index contributed by atoms with van der Waals surface area (Å²) in [6, 6.07) is 0.169. The van der Waals surface area contributed by atoms with E-state index < -0.39 is 0 Å². The number of hydrogen-bond acceptors (Lipinski definition) is 4. The summed E-state index contributed by atoms with van der Waals surface area (Å²) in [5.41, 5.74) is 0.632. The largest absolute Gasteiger partial charge is 0.338 e. The Bertz CT molecular complexity index is 717. The number of rotatable bonds is 3. The second-order valence-electron chi connectivity index (χ2n) is 5.07. The number of thiophene rings is 1. The zero-order valence-corrected chi connectivity index (χ0v) is 13.2. The Kier molecular flexibility index (Phi) is 3.94. The number of nitrogens with zero attached hydrogens (tertiary/aromatic N) is 3. The van der Waals surface area contributed by atoms with E-state index in [0.29, 0.717) is 15.1 Å². The summed E-state index contributed by atoms with van der Waals surface area (Å²) in [6.45, 7) is 5.88. The van der Waals surface area contributed by atoms with E-state index in [1.54, 1.807) is 19.0 Å². The van der Waals surface area contributed by atoms with Gasteiger partial charge in [0.15, 0.2) is 0 Å². The molecule has 0 N–H and O–H groups in total. The summed E-state index contributed by atoms with van der Waals surface area (Å²) in [5.74, 6) is -0.0399. The fourth-order valence-electron chi connectivity index (χ4n) is 2.05. The molecule has 20 heavy (non-hydrogen) atoms. The molecule has 0 aliphatic carbocycles. The van der Waals surface area contributed by atoms with Crippen LogP contribution in [-0.4, -0.2) is 33.4 Å². The van der Waals surface area contributed by atoms with Crippen LogP contribution in [0, 0.1) is 6.92 Å². The van der Waals surface area contributed by atoms with Crippen molar-refractivity contribution in [1.29, 1.82) is 0 Å². The van der Waals surface area contributed by atoms with Gasteiger partial charge in [-0.25, -0.2) is 4.98 Å². The molecule has 0 aliphatic heterocycles. The summed E-state index contributed by atoms with van der Waals surface area (Å²) < 4.78 is 1.44. The number of amides is 1. The van der Waals surface area contributed by atoms with E-state index >= 15 is 0 Å². The minimum atomic E-state index is -0.103. The molecule has 1 atom stereocenters. The Morgan fingerprint density at radius 2 is 2.20 bits per heavy atom. The lowest BCUT2D eigenvalue weighted by Crippen LogP contribution is -2.34. The van der Waals surface area contributed by atoms with Crippen molar-refractivity contribution in [3.05, 3.63) is 27.1 Å². The van der Waals surface area contributed by atoms with Gasteiger partial charge >= 0.3 is 0 Å². The Balaban J connectivity index is 2.57. The first-order valence-electron chi connectivity index (χ1n) is 6.60. The summed E-state index contributed by atoms with van der Waals surface area (Å²) in [5, 5.41) is 0.556. The predicted molar refractivity (Wildman–Crippen MR) is 81.4 cm³/mol. The molecule has 1 unspecified atom stereocenters. The molecule has 0 aliphatic rings. The molecule has 0 bridgehead atoms. The van der Waals surface area contributed by atoms with Crippen LogP contribution in [0.3, 0.4) is 0 Å². The highest BCUT2D eigenvalue weighted by Gasteiger charge is 2.23.